The molecule has 0 bridgehead atoms. The van der Waals surface area contributed by atoms with Crippen LogP contribution in [0.1, 0.15) is 41.9 Å². The first-order valence-corrected chi connectivity index (χ1v) is 9.77. The van der Waals surface area contributed by atoms with Gasteiger partial charge in [-0.15, -0.1) is 11.3 Å². The number of aliphatic hydroxyl groups is 1. The van der Waals surface area contributed by atoms with Gasteiger partial charge in [-0.05, 0) is 44.7 Å². The van der Waals surface area contributed by atoms with Gasteiger partial charge in [0.1, 0.15) is 12.4 Å². The van der Waals surface area contributed by atoms with Crippen LogP contribution in [0.25, 0.3) is 6.08 Å². The summed E-state index contributed by atoms with van der Waals surface area (Å²) in [4.78, 5) is 16.5. The van der Waals surface area contributed by atoms with Crippen molar-refractivity contribution in [1.82, 2.24) is 10.3 Å². The summed E-state index contributed by atoms with van der Waals surface area (Å²) in [6.07, 6.45) is 6.25. The number of amides is 1. The monoisotopic (exact) mass is 372 g/mol. The van der Waals surface area contributed by atoms with Gasteiger partial charge in [0, 0.05) is 23.1 Å². The first-order valence-electron chi connectivity index (χ1n) is 8.89. The van der Waals surface area contributed by atoms with Crippen LogP contribution in [0, 0.1) is 6.92 Å². The number of aryl methyl sites for hydroxylation is 1. The number of rotatable bonds is 6. The molecule has 5 nitrogen and oxygen atoms in total. The molecular formula is C20H24N2O3S. The summed E-state index contributed by atoms with van der Waals surface area (Å²) in [6, 6.07) is 7.78. The van der Waals surface area contributed by atoms with Crippen LogP contribution in [-0.4, -0.2) is 28.1 Å². The molecule has 0 unspecified atom stereocenters. The summed E-state index contributed by atoms with van der Waals surface area (Å²) in [7, 11) is 0. The molecule has 6 heteroatoms. The smallest absolute Gasteiger partial charge is 0.244 e. The van der Waals surface area contributed by atoms with Gasteiger partial charge < -0.3 is 15.2 Å². The molecule has 0 radical (unpaired) electrons. The minimum atomic E-state index is -0.218. The van der Waals surface area contributed by atoms with E-state index in [9.17, 15) is 9.90 Å². The van der Waals surface area contributed by atoms with Crippen molar-refractivity contribution in [3.05, 3.63) is 52.0 Å². The molecule has 2 aromatic rings. The molecule has 1 fully saturated rings. The van der Waals surface area contributed by atoms with E-state index in [4.69, 9.17) is 4.74 Å². The SMILES string of the molecule is Cc1nc(COc2ccccc2/C=C/C(=O)NC2CCC(O)CC2)cs1. The van der Waals surface area contributed by atoms with Crippen LogP contribution in [0.2, 0.25) is 0 Å². The fourth-order valence-electron chi connectivity index (χ4n) is 3.01. The van der Waals surface area contributed by atoms with Gasteiger partial charge in [0.25, 0.3) is 0 Å². The molecule has 1 aromatic heterocycles. The molecule has 1 saturated carbocycles. The van der Waals surface area contributed by atoms with Crippen molar-refractivity contribution in [2.75, 3.05) is 0 Å². The molecule has 1 aliphatic carbocycles. The van der Waals surface area contributed by atoms with Gasteiger partial charge in [-0.25, -0.2) is 4.98 Å². The minimum absolute atomic E-state index is 0.115. The van der Waals surface area contributed by atoms with Crippen molar-refractivity contribution in [2.24, 2.45) is 0 Å². The number of thiazole rings is 1. The van der Waals surface area contributed by atoms with Gasteiger partial charge in [0.15, 0.2) is 0 Å². The highest BCUT2D eigenvalue weighted by molar-refractivity contribution is 7.09. The number of para-hydroxylation sites is 1. The molecule has 0 spiro atoms. The van der Waals surface area contributed by atoms with E-state index in [1.165, 1.54) is 0 Å². The van der Waals surface area contributed by atoms with E-state index in [2.05, 4.69) is 10.3 Å². The third-order valence-electron chi connectivity index (χ3n) is 4.42. The highest BCUT2D eigenvalue weighted by Crippen LogP contribution is 2.22. The fourth-order valence-corrected chi connectivity index (χ4v) is 3.61. The average Bonchev–Trinajstić information content (AvgIpc) is 3.06. The van der Waals surface area contributed by atoms with Gasteiger partial charge in [-0.3, -0.25) is 4.79 Å². The van der Waals surface area contributed by atoms with Gasteiger partial charge >= 0.3 is 0 Å². The summed E-state index contributed by atoms with van der Waals surface area (Å²) in [6.45, 7) is 2.38. The Balaban J connectivity index is 1.56. The number of aliphatic hydroxyl groups excluding tert-OH is 1. The molecule has 138 valence electrons. The van der Waals surface area contributed by atoms with Crippen LogP contribution in [0.5, 0.6) is 5.75 Å². The number of hydrogen-bond donors (Lipinski definition) is 2. The maximum atomic E-state index is 12.1. The Morgan fingerprint density at radius 1 is 1.35 bits per heavy atom. The summed E-state index contributed by atoms with van der Waals surface area (Å²) in [5.41, 5.74) is 1.76. The molecule has 0 saturated heterocycles. The van der Waals surface area contributed by atoms with Crippen molar-refractivity contribution >= 4 is 23.3 Å². The van der Waals surface area contributed by atoms with Crippen LogP contribution in [0.4, 0.5) is 0 Å². The second-order valence-electron chi connectivity index (χ2n) is 6.53. The lowest BCUT2D eigenvalue weighted by Crippen LogP contribution is -2.37. The lowest BCUT2D eigenvalue weighted by atomic mass is 9.93. The van der Waals surface area contributed by atoms with Gasteiger partial charge in [-0.2, -0.15) is 0 Å². The van der Waals surface area contributed by atoms with E-state index < -0.39 is 0 Å². The molecular weight excluding hydrogens is 348 g/mol. The predicted octanol–water partition coefficient (Wildman–Crippen LogP) is 3.46. The summed E-state index contributed by atoms with van der Waals surface area (Å²) >= 11 is 1.60. The Morgan fingerprint density at radius 2 is 2.12 bits per heavy atom. The number of hydrogen-bond acceptors (Lipinski definition) is 5. The lowest BCUT2D eigenvalue weighted by Gasteiger charge is -2.25. The Hall–Kier alpha value is -2.18. The Kier molecular flexibility index (Phi) is 6.41. The van der Waals surface area contributed by atoms with E-state index in [-0.39, 0.29) is 18.1 Å². The van der Waals surface area contributed by atoms with Crippen molar-refractivity contribution < 1.29 is 14.6 Å². The van der Waals surface area contributed by atoms with Crippen LogP contribution in [0.3, 0.4) is 0 Å². The first kappa shape index (κ1) is 18.6. The largest absolute Gasteiger partial charge is 0.487 e. The quantitative estimate of drug-likeness (QED) is 0.762. The number of benzene rings is 1. The maximum Gasteiger partial charge on any atom is 0.244 e. The number of aromatic nitrogens is 1. The summed E-state index contributed by atoms with van der Waals surface area (Å²) in [5.74, 6) is 0.610. The third kappa shape index (κ3) is 5.41. The lowest BCUT2D eigenvalue weighted by molar-refractivity contribution is -0.117. The molecule has 0 aliphatic heterocycles. The van der Waals surface area contributed by atoms with Crippen LogP contribution in [-0.2, 0) is 11.4 Å². The number of nitrogens with zero attached hydrogens (tertiary/aromatic N) is 1. The van der Waals surface area contributed by atoms with Gasteiger partial charge in [0.05, 0.1) is 16.8 Å². The number of carbonyl (C=O) groups excluding carboxylic acids is 1. The molecule has 1 aliphatic rings. The molecule has 1 amide bonds. The molecule has 2 N–H and O–H groups in total. The fraction of sp³-hybridized carbons (Fsp3) is 0.400. The van der Waals surface area contributed by atoms with Gasteiger partial charge in [-0.1, -0.05) is 18.2 Å². The number of carbonyl (C=O) groups is 1. The van der Waals surface area contributed by atoms with Crippen molar-refractivity contribution in [2.45, 2.75) is 51.4 Å². The zero-order valence-corrected chi connectivity index (χ0v) is 15.7. The van der Waals surface area contributed by atoms with Crippen molar-refractivity contribution in [1.29, 1.82) is 0 Å². The zero-order valence-electron chi connectivity index (χ0n) is 14.9. The maximum absolute atomic E-state index is 12.1. The minimum Gasteiger partial charge on any atom is -0.487 e. The molecule has 26 heavy (non-hydrogen) atoms. The first-order chi connectivity index (χ1) is 12.6. The highest BCUT2D eigenvalue weighted by Gasteiger charge is 2.19. The average molecular weight is 372 g/mol. The van der Waals surface area contributed by atoms with E-state index in [1.807, 2.05) is 36.6 Å². The summed E-state index contributed by atoms with van der Waals surface area (Å²) < 4.78 is 5.86. The Morgan fingerprint density at radius 3 is 2.85 bits per heavy atom. The van der Waals surface area contributed by atoms with Gasteiger partial charge in [0.2, 0.25) is 5.91 Å². The zero-order chi connectivity index (χ0) is 18.4. The predicted molar refractivity (Wildman–Crippen MR) is 103 cm³/mol. The topological polar surface area (TPSA) is 71.5 Å². The van der Waals surface area contributed by atoms with Crippen molar-refractivity contribution in [3.8, 4) is 5.75 Å². The molecule has 1 heterocycles. The second-order valence-corrected chi connectivity index (χ2v) is 7.59. The van der Waals surface area contributed by atoms with E-state index >= 15 is 0 Å². The number of nitrogens with one attached hydrogen (secondary N) is 1. The van der Waals surface area contributed by atoms with E-state index in [1.54, 1.807) is 23.5 Å². The molecule has 3 rings (SSSR count). The molecule has 1 aromatic carbocycles. The third-order valence-corrected chi connectivity index (χ3v) is 5.24. The second kappa shape index (κ2) is 8.96. The highest BCUT2D eigenvalue weighted by atomic mass is 32.1. The van der Waals surface area contributed by atoms with Crippen LogP contribution in [0.15, 0.2) is 35.7 Å². The summed E-state index contributed by atoms with van der Waals surface area (Å²) in [5, 5.41) is 15.5. The van der Waals surface area contributed by atoms with Crippen LogP contribution < -0.4 is 10.1 Å². The van der Waals surface area contributed by atoms with Crippen LogP contribution >= 0.6 is 11.3 Å². The molecule has 0 atom stereocenters. The standard InChI is InChI=1S/C20H24N2O3S/c1-14-21-17(13-26-14)12-25-19-5-3-2-4-15(19)6-11-20(24)22-16-7-9-18(23)10-8-16/h2-6,11,13,16,18,23H,7-10,12H2,1H3,(H,22,24)/b11-6+. The van der Waals surface area contributed by atoms with E-state index in [0.29, 0.717) is 6.61 Å². The van der Waals surface area contributed by atoms with E-state index in [0.717, 1.165) is 47.7 Å². The Labute approximate surface area is 157 Å². The van der Waals surface area contributed by atoms with Crippen molar-refractivity contribution in [3.63, 3.8) is 0 Å². The normalized spacial score (nSPS) is 20.2. The number of ether oxygens (including phenoxy) is 1. The Bertz CT molecular complexity index is 764.